The SMILES string of the molecule is CN=Cc1c(C)nc(C)nc1-c1cccc(C)c1. The molecule has 0 atom stereocenters. The second-order valence-corrected chi connectivity index (χ2v) is 4.38. The van der Waals surface area contributed by atoms with E-state index >= 15 is 0 Å². The lowest BCUT2D eigenvalue weighted by Gasteiger charge is -2.09. The van der Waals surface area contributed by atoms with E-state index in [-0.39, 0.29) is 0 Å². The van der Waals surface area contributed by atoms with Crippen LogP contribution >= 0.6 is 0 Å². The van der Waals surface area contributed by atoms with Crippen LogP contribution < -0.4 is 0 Å². The highest BCUT2D eigenvalue weighted by atomic mass is 14.9. The summed E-state index contributed by atoms with van der Waals surface area (Å²) in [5, 5.41) is 0. The summed E-state index contributed by atoms with van der Waals surface area (Å²) in [4.78, 5) is 13.1. The molecule has 0 spiro atoms. The molecular formula is C15H17N3. The van der Waals surface area contributed by atoms with Crippen molar-refractivity contribution in [2.24, 2.45) is 4.99 Å². The standard InChI is InChI=1S/C15H17N3/c1-10-6-5-7-13(8-10)15-14(9-16-4)11(2)17-12(3)18-15/h5-9H,1-4H3. The van der Waals surface area contributed by atoms with Gasteiger partial charge >= 0.3 is 0 Å². The van der Waals surface area contributed by atoms with Crippen molar-refractivity contribution in [3.8, 4) is 11.3 Å². The van der Waals surface area contributed by atoms with Gasteiger partial charge in [0, 0.05) is 24.4 Å². The lowest BCUT2D eigenvalue weighted by molar-refractivity contribution is 1.01. The van der Waals surface area contributed by atoms with Gasteiger partial charge in [-0.15, -0.1) is 0 Å². The Labute approximate surface area is 108 Å². The van der Waals surface area contributed by atoms with Gasteiger partial charge in [0.05, 0.1) is 11.4 Å². The van der Waals surface area contributed by atoms with Crippen molar-refractivity contribution in [2.45, 2.75) is 20.8 Å². The molecule has 92 valence electrons. The van der Waals surface area contributed by atoms with E-state index in [4.69, 9.17) is 0 Å². The number of aryl methyl sites for hydroxylation is 3. The Morgan fingerprint density at radius 1 is 1.11 bits per heavy atom. The Morgan fingerprint density at radius 3 is 2.56 bits per heavy atom. The maximum Gasteiger partial charge on any atom is 0.126 e. The van der Waals surface area contributed by atoms with Gasteiger partial charge in [-0.25, -0.2) is 9.97 Å². The van der Waals surface area contributed by atoms with Gasteiger partial charge in [-0.2, -0.15) is 0 Å². The molecule has 0 saturated heterocycles. The predicted molar refractivity (Wildman–Crippen MR) is 75.2 cm³/mol. The first kappa shape index (κ1) is 12.4. The van der Waals surface area contributed by atoms with Crippen LogP contribution in [0.25, 0.3) is 11.3 Å². The van der Waals surface area contributed by atoms with Crippen LogP contribution in [-0.2, 0) is 0 Å². The number of rotatable bonds is 2. The molecule has 2 rings (SSSR count). The summed E-state index contributed by atoms with van der Waals surface area (Å²) < 4.78 is 0. The normalized spacial score (nSPS) is 11.1. The molecule has 0 aliphatic heterocycles. The molecule has 0 fully saturated rings. The average Bonchev–Trinajstić information content (AvgIpc) is 2.32. The van der Waals surface area contributed by atoms with Gasteiger partial charge in [-0.05, 0) is 26.8 Å². The number of benzene rings is 1. The smallest absolute Gasteiger partial charge is 0.126 e. The summed E-state index contributed by atoms with van der Waals surface area (Å²) in [7, 11) is 1.76. The molecule has 0 amide bonds. The topological polar surface area (TPSA) is 38.1 Å². The third-order valence-corrected chi connectivity index (χ3v) is 2.80. The molecular weight excluding hydrogens is 222 g/mol. The molecule has 3 nitrogen and oxygen atoms in total. The monoisotopic (exact) mass is 239 g/mol. The van der Waals surface area contributed by atoms with Gasteiger partial charge in [0.15, 0.2) is 0 Å². The highest BCUT2D eigenvalue weighted by Gasteiger charge is 2.10. The first-order chi connectivity index (χ1) is 8.61. The number of hydrogen-bond acceptors (Lipinski definition) is 3. The predicted octanol–water partition coefficient (Wildman–Crippen LogP) is 3.12. The molecule has 0 N–H and O–H groups in total. The van der Waals surface area contributed by atoms with Crippen molar-refractivity contribution >= 4 is 6.21 Å². The summed E-state index contributed by atoms with van der Waals surface area (Å²) in [6, 6.07) is 8.33. The molecule has 0 saturated carbocycles. The van der Waals surface area contributed by atoms with Crippen LogP contribution in [-0.4, -0.2) is 23.2 Å². The summed E-state index contributed by atoms with van der Waals surface area (Å²) >= 11 is 0. The average molecular weight is 239 g/mol. The van der Waals surface area contributed by atoms with Gasteiger partial charge in [0.25, 0.3) is 0 Å². The largest absolute Gasteiger partial charge is 0.296 e. The first-order valence-corrected chi connectivity index (χ1v) is 5.96. The minimum absolute atomic E-state index is 0.789. The van der Waals surface area contributed by atoms with Gasteiger partial charge in [0.1, 0.15) is 5.82 Å². The van der Waals surface area contributed by atoms with Crippen molar-refractivity contribution in [3.05, 3.63) is 46.9 Å². The molecule has 0 aliphatic carbocycles. The van der Waals surface area contributed by atoms with Crippen LogP contribution in [0, 0.1) is 20.8 Å². The Hall–Kier alpha value is -2.03. The summed E-state index contributed by atoms with van der Waals surface area (Å²) in [6.45, 7) is 5.99. The van der Waals surface area contributed by atoms with Crippen molar-refractivity contribution in [1.29, 1.82) is 0 Å². The van der Waals surface area contributed by atoms with Crippen molar-refractivity contribution in [1.82, 2.24) is 9.97 Å². The van der Waals surface area contributed by atoms with Gasteiger partial charge in [0.2, 0.25) is 0 Å². The van der Waals surface area contributed by atoms with Crippen molar-refractivity contribution in [2.75, 3.05) is 7.05 Å². The van der Waals surface area contributed by atoms with Gasteiger partial charge in [-0.1, -0.05) is 23.8 Å². The summed E-state index contributed by atoms with van der Waals surface area (Å²) in [5.41, 5.74) is 5.24. The molecule has 2 aromatic rings. The van der Waals surface area contributed by atoms with E-state index in [0.29, 0.717) is 0 Å². The molecule has 1 aromatic carbocycles. The van der Waals surface area contributed by atoms with E-state index in [1.54, 1.807) is 7.05 Å². The third-order valence-electron chi connectivity index (χ3n) is 2.80. The van der Waals surface area contributed by atoms with Gasteiger partial charge < -0.3 is 0 Å². The second kappa shape index (κ2) is 5.08. The maximum absolute atomic E-state index is 4.56. The fourth-order valence-corrected chi connectivity index (χ4v) is 2.02. The molecule has 1 aromatic heterocycles. The molecule has 0 bridgehead atoms. The van der Waals surface area contributed by atoms with Crippen LogP contribution in [0.2, 0.25) is 0 Å². The van der Waals surface area contributed by atoms with E-state index in [2.05, 4.69) is 40.1 Å². The molecule has 0 unspecified atom stereocenters. The lowest BCUT2D eigenvalue weighted by Crippen LogP contribution is -2.02. The van der Waals surface area contributed by atoms with E-state index in [1.807, 2.05) is 26.1 Å². The number of hydrogen-bond donors (Lipinski definition) is 0. The van der Waals surface area contributed by atoms with Gasteiger partial charge in [-0.3, -0.25) is 4.99 Å². The first-order valence-electron chi connectivity index (χ1n) is 5.96. The Bertz CT molecular complexity index is 601. The van der Waals surface area contributed by atoms with E-state index < -0.39 is 0 Å². The Balaban J connectivity index is 2.69. The zero-order valence-corrected chi connectivity index (χ0v) is 11.2. The number of aromatic nitrogens is 2. The van der Waals surface area contributed by atoms with Crippen LogP contribution in [0.15, 0.2) is 29.3 Å². The van der Waals surface area contributed by atoms with Crippen LogP contribution in [0.5, 0.6) is 0 Å². The molecule has 1 heterocycles. The quantitative estimate of drug-likeness (QED) is 0.755. The maximum atomic E-state index is 4.56. The van der Waals surface area contributed by atoms with Crippen LogP contribution in [0.1, 0.15) is 22.6 Å². The van der Waals surface area contributed by atoms with Crippen LogP contribution in [0.3, 0.4) is 0 Å². The van der Waals surface area contributed by atoms with Crippen molar-refractivity contribution in [3.63, 3.8) is 0 Å². The molecule has 0 aliphatic rings. The minimum atomic E-state index is 0.789. The molecule has 3 heteroatoms. The molecule has 0 radical (unpaired) electrons. The van der Waals surface area contributed by atoms with Crippen molar-refractivity contribution < 1.29 is 0 Å². The highest BCUT2D eigenvalue weighted by Crippen LogP contribution is 2.23. The van der Waals surface area contributed by atoms with Crippen LogP contribution in [0.4, 0.5) is 0 Å². The highest BCUT2D eigenvalue weighted by molar-refractivity contribution is 5.89. The zero-order chi connectivity index (χ0) is 13.1. The number of aliphatic imine (C=N–C) groups is 1. The zero-order valence-electron chi connectivity index (χ0n) is 11.2. The summed E-state index contributed by atoms with van der Waals surface area (Å²) in [6.07, 6.45) is 1.83. The fourth-order valence-electron chi connectivity index (χ4n) is 2.02. The Kier molecular flexibility index (Phi) is 3.51. The van der Waals surface area contributed by atoms with E-state index in [1.165, 1.54) is 5.56 Å². The third kappa shape index (κ3) is 2.45. The Morgan fingerprint density at radius 2 is 1.89 bits per heavy atom. The fraction of sp³-hybridized carbons (Fsp3) is 0.267. The lowest BCUT2D eigenvalue weighted by atomic mass is 10.0. The summed E-state index contributed by atoms with van der Waals surface area (Å²) in [5.74, 6) is 0.789. The van der Waals surface area contributed by atoms with E-state index in [0.717, 1.165) is 28.3 Å². The van der Waals surface area contributed by atoms with E-state index in [9.17, 15) is 0 Å². The minimum Gasteiger partial charge on any atom is -0.296 e. The second-order valence-electron chi connectivity index (χ2n) is 4.38. The molecule has 18 heavy (non-hydrogen) atoms. The number of nitrogens with zero attached hydrogens (tertiary/aromatic N) is 3.